The smallest absolute Gasteiger partial charge is 0.0483 e. The van der Waals surface area contributed by atoms with Crippen LogP contribution in [0.15, 0.2) is 30.5 Å². The zero-order valence-corrected chi connectivity index (χ0v) is 12.6. The van der Waals surface area contributed by atoms with Crippen LogP contribution in [0, 0.1) is 5.41 Å². The van der Waals surface area contributed by atoms with Crippen molar-refractivity contribution in [2.45, 2.75) is 53.1 Å². The van der Waals surface area contributed by atoms with Crippen LogP contribution in [0.2, 0.25) is 0 Å². The van der Waals surface area contributed by atoms with Gasteiger partial charge < -0.3 is 10.3 Å². The van der Waals surface area contributed by atoms with Crippen molar-refractivity contribution in [3.63, 3.8) is 0 Å². The Morgan fingerprint density at radius 1 is 1.21 bits per heavy atom. The largest absolute Gasteiger partial charge is 0.347 e. The first-order chi connectivity index (χ1) is 8.87. The number of fused-ring (bicyclic) bond motifs is 1. The summed E-state index contributed by atoms with van der Waals surface area (Å²) in [6.45, 7) is 10.0. The number of nitrogens with zero attached hydrogens (tertiary/aromatic N) is 1. The first-order valence-electron chi connectivity index (χ1n) is 7.19. The number of rotatable bonds is 4. The number of nitrogens with two attached hydrogens (primary N) is 1. The van der Waals surface area contributed by atoms with Crippen LogP contribution in [0.5, 0.6) is 0 Å². The maximum Gasteiger partial charge on any atom is 0.0483 e. The molecule has 0 amide bonds. The maximum atomic E-state index is 5.93. The van der Waals surface area contributed by atoms with Crippen molar-refractivity contribution < 1.29 is 0 Å². The summed E-state index contributed by atoms with van der Waals surface area (Å²) in [6, 6.07) is 9.00. The number of hydrogen-bond donors (Lipinski definition) is 1. The quantitative estimate of drug-likeness (QED) is 0.884. The third kappa shape index (κ3) is 3.60. The van der Waals surface area contributed by atoms with E-state index in [-0.39, 0.29) is 6.04 Å². The molecule has 104 valence electrons. The number of benzene rings is 1. The van der Waals surface area contributed by atoms with Crippen molar-refractivity contribution in [2.24, 2.45) is 11.1 Å². The molecule has 1 aromatic heterocycles. The third-order valence-corrected chi connectivity index (χ3v) is 3.55. The lowest BCUT2D eigenvalue weighted by molar-refractivity contribution is 0.353. The highest BCUT2D eigenvalue weighted by Gasteiger charge is 2.12. The van der Waals surface area contributed by atoms with Gasteiger partial charge in [0, 0.05) is 29.7 Å². The molecule has 2 nitrogen and oxygen atoms in total. The molecule has 2 aromatic rings. The number of hydrogen-bond acceptors (Lipinski definition) is 1. The molecule has 0 saturated heterocycles. The summed E-state index contributed by atoms with van der Waals surface area (Å²) in [5, 5.41) is 1.36. The minimum Gasteiger partial charge on any atom is -0.347 e. The van der Waals surface area contributed by atoms with Crippen LogP contribution in [0.3, 0.4) is 0 Å². The second-order valence-electron chi connectivity index (χ2n) is 6.85. The minimum atomic E-state index is 0.212. The van der Waals surface area contributed by atoms with E-state index in [0.717, 1.165) is 13.0 Å². The summed E-state index contributed by atoms with van der Waals surface area (Å²) < 4.78 is 2.37. The standard InChI is InChI=1S/C17H26N2/c1-13(18)12-14-6-5-7-16-15(14)8-10-19(16)11-9-17(2,3)4/h5-8,10,13H,9,11-12,18H2,1-4H3. The average Bonchev–Trinajstić information content (AvgIpc) is 2.69. The average molecular weight is 258 g/mol. The van der Waals surface area contributed by atoms with E-state index in [1.807, 2.05) is 0 Å². The molecule has 2 N–H and O–H groups in total. The Kier molecular flexibility index (Phi) is 4.00. The Hall–Kier alpha value is -1.28. The van der Waals surface area contributed by atoms with E-state index in [9.17, 15) is 0 Å². The summed E-state index contributed by atoms with van der Waals surface area (Å²) in [7, 11) is 0. The molecule has 1 atom stereocenters. The summed E-state index contributed by atoms with van der Waals surface area (Å²) in [6.07, 6.45) is 4.34. The normalized spacial score (nSPS) is 13.9. The molecule has 1 heterocycles. The van der Waals surface area contributed by atoms with E-state index >= 15 is 0 Å². The predicted octanol–water partition coefficient (Wildman–Crippen LogP) is 3.97. The monoisotopic (exact) mass is 258 g/mol. The van der Waals surface area contributed by atoms with Crippen LogP contribution in [0.25, 0.3) is 10.9 Å². The van der Waals surface area contributed by atoms with Crippen LogP contribution in [0.1, 0.15) is 39.7 Å². The van der Waals surface area contributed by atoms with Crippen molar-refractivity contribution in [3.05, 3.63) is 36.0 Å². The molecular formula is C17H26N2. The van der Waals surface area contributed by atoms with Gasteiger partial charge in [0.05, 0.1) is 0 Å². The minimum absolute atomic E-state index is 0.212. The molecule has 1 unspecified atom stereocenters. The second kappa shape index (κ2) is 5.38. The molecule has 0 saturated carbocycles. The zero-order valence-electron chi connectivity index (χ0n) is 12.6. The van der Waals surface area contributed by atoms with Crippen LogP contribution in [-0.2, 0) is 13.0 Å². The molecule has 0 radical (unpaired) electrons. The molecule has 0 fully saturated rings. The number of aromatic nitrogens is 1. The van der Waals surface area contributed by atoms with E-state index in [4.69, 9.17) is 5.73 Å². The summed E-state index contributed by atoms with van der Waals surface area (Å²) in [5.41, 5.74) is 9.00. The fourth-order valence-corrected chi connectivity index (χ4v) is 2.46. The van der Waals surface area contributed by atoms with Crippen LogP contribution < -0.4 is 5.73 Å². The van der Waals surface area contributed by atoms with Gasteiger partial charge in [-0.15, -0.1) is 0 Å². The Balaban J connectivity index is 2.28. The van der Waals surface area contributed by atoms with Gasteiger partial charge in [0.1, 0.15) is 0 Å². The summed E-state index contributed by atoms with van der Waals surface area (Å²) in [5.74, 6) is 0. The fraction of sp³-hybridized carbons (Fsp3) is 0.529. The molecule has 2 heteroatoms. The Morgan fingerprint density at radius 3 is 2.58 bits per heavy atom. The van der Waals surface area contributed by atoms with E-state index in [0.29, 0.717) is 5.41 Å². The van der Waals surface area contributed by atoms with Crippen LogP contribution in [0.4, 0.5) is 0 Å². The molecule has 0 bridgehead atoms. The van der Waals surface area contributed by atoms with Gasteiger partial charge in [-0.25, -0.2) is 0 Å². The lowest BCUT2D eigenvalue weighted by atomic mass is 9.92. The highest BCUT2D eigenvalue weighted by Crippen LogP contribution is 2.24. The lowest BCUT2D eigenvalue weighted by Crippen LogP contribution is -2.17. The maximum absolute atomic E-state index is 5.93. The van der Waals surface area contributed by atoms with Gasteiger partial charge in [-0.1, -0.05) is 32.9 Å². The van der Waals surface area contributed by atoms with Crippen LogP contribution in [-0.4, -0.2) is 10.6 Å². The van der Waals surface area contributed by atoms with Gasteiger partial charge in [-0.2, -0.15) is 0 Å². The SMILES string of the molecule is CC(N)Cc1cccc2c1ccn2CCC(C)(C)C. The van der Waals surface area contributed by atoms with Crippen molar-refractivity contribution in [2.75, 3.05) is 0 Å². The molecule has 0 aliphatic carbocycles. The van der Waals surface area contributed by atoms with Crippen molar-refractivity contribution >= 4 is 10.9 Å². The van der Waals surface area contributed by atoms with E-state index < -0.39 is 0 Å². The molecule has 2 rings (SSSR count). The second-order valence-corrected chi connectivity index (χ2v) is 6.85. The molecule has 1 aromatic carbocycles. The molecular weight excluding hydrogens is 232 g/mol. The topological polar surface area (TPSA) is 30.9 Å². The van der Waals surface area contributed by atoms with E-state index in [1.54, 1.807) is 0 Å². The highest BCUT2D eigenvalue weighted by molar-refractivity contribution is 5.83. The van der Waals surface area contributed by atoms with Crippen LogP contribution >= 0.6 is 0 Å². The van der Waals surface area contributed by atoms with E-state index in [2.05, 4.69) is 62.7 Å². The van der Waals surface area contributed by atoms with Crippen molar-refractivity contribution in [3.8, 4) is 0 Å². The summed E-state index contributed by atoms with van der Waals surface area (Å²) >= 11 is 0. The highest BCUT2D eigenvalue weighted by atomic mass is 14.9. The zero-order chi connectivity index (χ0) is 14.0. The molecule has 0 aliphatic rings. The van der Waals surface area contributed by atoms with Crippen molar-refractivity contribution in [1.82, 2.24) is 4.57 Å². The Bertz CT molecular complexity index is 544. The first-order valence-corrected chi connectivity index (χ1v) is 7.19. The number of aryl methyl sites for hydroxylation is 1. The van der Waals surface area contributed by atoms with Gasteiger partial charge in [-0.05, 0) is 42.9 Å². The van der Waals surface area contributed by atoms with Gasteiger partial charge in [0.15, 0.2) is 0 Å². The van der Waals surface area contributed by atoms with Gasteiger partial charge in [0.25, 0.3) is 0 Å². The first kappa shape index (κ1) is 14.1. The van der Waals surface area contributed by atoms with E-state index in [1.165, 1.54) is 22.9 Å². The molecule has 0 aliphatic heterocycles. The molecule has 19 heavy (non-hydrogen) atoms. The Morgan fingerprint density at radius 2 is 1.95 bits per heavy atom. The van der Waals surface area contributed by atoms with Crippen molar-refractivity contribution in [1.29, 1.82) is 0 Å². The lowest BCUT2D eigenvalue weighted by Gasteiger charge is -2.18. The Labute approximate surface area is 116 Å². The van der Waals surface area contributed by atoms with Gasteiger partial charge in [-0.3, -0.25) is 0 Å². The molecule has 0 spiro atoms. The fourth-order valence-electron chi connectivity index (χ4n) is 2.46. The summed E-state index contributed by atoms with van der Waals surface area (Å²) in [4.78, 5) is 0. The third-order valence-electron chi connectivity index (χ3n) is 3.55. The predicted molar refractivity (Wildman–Crippen MR) is 83.4 cm³/mol. The van der Waals surface area contributed by atoms with Gasteiger partial charge >= 0.3 is 0 Å². The van der Waals surface area contributed by atoms with Gasteiger partial charge in [0.2, 0.25) is 0 Å².